The number of ether oxygens (including phenoxy) is 1. The molecule has 1 unspecified atom stereocenters. The Balaban J connectivity index is 2.38. The minimum absolute atomic E-state index is 0.177. The first-order valence-corrected chi connectivity index (χ1v) is 6.30. The maximum atomic E-state index is 9.91. The Morgan fingerprint density at radius 2 is 1.82 bits per heavy atom. The summed E-state index contributed by atoms with van der Waals surface area (Å²) in [6.07, 6.45) is 1.44. The molecular weight excluding hydrogens is 212 g/mol. The van der Waals surface area contributed by atoms with Crippen LogP contribution in [0.4, 0.5) is 0 Å². The normalized spacial score (nSPS) is 13.5. The van der Waals surface area contributed by atoms with Crippen LogP contribution < -0.4 is 4.74 Å². The van der Waals surface area contributed by atoms with Crippen LogP contribution in [0.15, 0.2) is 24.3 Å². The van der Waals surface area contributed by atoms with Gasteiger partial charge in [0.1, 0.15) is 12.4 Å². The molecule has 1 aromatic carbocycles. The maximum absolute atomic E-state index is 9.91. The molecule has 0 saturated heterocycles. The number of hydrogen-bond acceptors (Lipinski definition) is 2. The van der Waals surface area contributed by atoms with Crippen LogP contribution in [0.25, 0.3) is 0 Å². The standard InChI is InChI=1S/C15H24O2/c1-5-15(3,4)10-13(16)11-17-14-8-6-12(2)7-9-14/h6-9,13,16H,5,10-11H2,1-4H3. The van der Waals surface area contributed by atoms with Gasteiger partial charge in [0.2, 0.25) is 0 Å². The molecule has 1 atom stereocenters. The predicted octanol–water partition coefficient (Wildman–Crippen LogP) is 3.56. The highest BCUT2D eigenvalue weighted by atomic mass is 16.5. The quantitative estimate of drug-likeness (QED) is 0.818. The first kappa shape index (κ1) is 14.0. The number of benzene rings is 1. The summed E-state index contributed by atoms with van der Waals surface area (Å²) in [6.45, 7) is 8.90. The van der Waals surface area contributed by atoms with Crippen LogP contribution in [0.5, 0.6) is 5.75 Å². The zero-order valence-corrected chi connectivity index (χ0v) is 11.4. The van der Waals surface area contributed by atoms with E-state index in [0.717, 1.165) is 18.6 Å². The summed E-state index contributed by atoms with van der Waals surface area (Å²) in [5.74, 6) is 0.823. The third-order valence-electron chi connectivity index (χ3n) is 3.21. The van der Waals surface area contributed by atoms with Crippen LogP contribution in [0, 0.1) is 12.3 Å². The highest BCUT2D eigenvalue weighted by molar-refractivity contribution is 5.26. The molecule has 0 spiro atoms. The molecule has 0 aliphatic carbocycles. The van der Waals surface area contributed by atoms with Crippen molar-refractivity contribution < 1.29 is 9.84 Å². The molecule has 1 N–H and O–H groups in total. The van der Waals surface area contributed by atoms with Crippen molar-refractivity contribution in [2.24, 2.45) is 5.41 Å². The molecule has 0 amide bonds. The summed E-state index contributed by atoms with van der Waals surface area (Å²) in [4.78, 5) is 0. The van der Waals surface area contributed by atoms with E-state index in [1.165, 1.54) is 5.56 Å². The zero-order valence-electron chi connectivity index (χ0n) is 11.4. The van der Waals surface area contributed by atoms with Crippen LogP contribution in [0.1, 0.15) is 39.2 Å². The van der Waals surface area contributed by atoms with Gasteiger partial charge in [0.15, 0.2) is 0 Å². The van der Waals surface area contributed by atoms with Crippen LogP contribution >= 0.6 is 0 Å². The molecule has 0 heterocycles. The monoisotopic (exact) mass is 236 g/mol. The SMILES string of the molecule is CCC(C)(C)CC(O)COc1ccc(C)cc1. The van der Waals surface area contributed by atoms with Crippen LogP contribution in [-0.4, -0.2) is 17.8 Å². The Bertz CT molecular complexity index is 327. The lowest BCUT2D eigenvalue weighted by atomic mass is 9.84. The van der Waals surface area contributed by atoms with Gasteiger partial charge >= 0.3 is 0 Å². The minimum atomic E-state index is -0.397. The Morgan fingerprint density at radius 1 is 1.24 bits per heavy atom. The Kier molecular flexibility index (Phi) is 5.01. The van der Waals surface area contributed by atoms with Gasteiger partial charge in [0.05, 0.1) is 6.10 Å². The van der Waals surface area contributed by atoms with Crippen molar-refractivity contribution in [2.45, 2.75) is 46.6 Å². The van der Waals surface area contributed by atoms with Gasteiger partial charge in [0, 0.05) is 0 Å². The minimum Gasteiger partial charge on any atom is -0.491 e. The van der Waals surface area contributed by atoms with Gasteiger partial charge in [-0.25, -0.2) is 0 Å². The third-order valence-corrected chi connectivity index (χ3v) is 3.21. The van der Waals surface area contributed by atoms with E-state index < -0.39 is 6.10 Å². The van der Waals surface area contributed by atoms with Crippen LogP contribution in [-0.2, 0) is 0 Å². The van der Waals surface area contributed by atoms with E-state index >= 15 is 0 Å². The predicted molar refractivity (Wildman–Crippen MR) is 71.4 cm³/mol. The first-order chi connectivity index (χ1) is 7.93. The van der Waals surface area contributed by atoms with Gasteiger partial charge in [0.25, 0.3) is 0 Å². The van der Waals surface area contributed by atoms with Crippen molar-refractivity contribution in [2.75, 3.05) is 6.61 Å². The van der Waals surface area contributed by atoms with Gasteiger partial charge in [-0.3, -0.25) is 0 Å². The number of aryl methyl sites for hydroxylation is 1. The fourth-order valence-corrected chi connectivity index (χ4v) is 1.67. The van der Waals surface area contributed by atoms with Crippen molar-refractivity contribution in [3.63, 3.8) is 0 Å². The largest absolute Gasteiger partial charge is 0.491 e. The number of aliphatic hydroxyl groups excluding tert-OH is 1. The average Bonchev–Trinajstić information content (AvgIpc) is 2.28. The summed E-state index contributed by atoms with van der Waals surface area (Å²) in [6, 6.07) is 7.90. The topological polar surface area (TPSA) is 29.5 Å². The lowest BCUT2D eigenvalue weighted by Gasteiger charge is -2.25. The smallest absolute Gasteiger partial charge is 0.119 e. The molecule has 0 aromatic heterocycles. The van der Waals surface area contributed by atoms with E-state index in [0.29, 0.717) is 6.61 Å². The summed E-state index contributed by atoms with van der Waals surface area (Å²) in [5, 5.41) is 9.91. The van der Waals surface area contributed by atoms with Crippen molar-refractivity contribution in [3.05, 3.63) is 29.8 Å². The number of hydrogen-bond donors (Lipinski definition) is 1. The number of aliphatic hydroxyl groups is 1. The Labute approximate surface area is 105 Å². The zero-order chi connectivity index (χ0) is 12.9. The molecule has 0 radical (unpaired) electrons. The molecule has 1 rings (SSSR count). The number of rotatable bonds is 6. The molecule has 2 nitrogen and oxygen atoms in total. The average molecular weight is 236 g/mol. The van der Waals surface area contributed by atoms with Gasteiger partial charge in [-0.1, -0.05) is 44.9 Å². The maximum Gasteiger partial charge on any atom is 0.119 e. The van der Waals surface area contributed by atoms with Crippen LogP contribution in [0.3, 0.4) is 0 Å². The first-order valence-electron chi connectivity index (χ1n) is 6.30. The van der Waals surface area contributed by atoms with Gasteiger partial charge in [-0.15, -0.1) is 0 Å². The van der Waals surface area contributed by atoms with Crippen molar-refractivity contribution in [1.29, 1.82) is 0 Å². The molecule has 0 aliphatic heterocycles. The van der Waals surface area contributed by atoms with E-state index in [4.69, 9.17) is 4.74 Å². The summed E-state index contributed by atoms with van der Waals surface area (Å²) >= 11 is 0. The fraction of sp³-hybridized carbons (Fsp3) is 0.600. The second kappa shape index (κ2) is 6.06. The molecule has 1 aromatic rings. The van der Waals surface area contributed by atoms with Crippen molar-refractivity contribution in [3.8, 4) is 5.75 Å². The molecule has 17 heavy (non-hydrogen) atoms. The van der Waals surface area contributed by atoms with Crippen molar-refractivity contribution >= 4 is 0 Å². The van der Waals surface area contributed by atoms with E-state index in [9.17, 15) is 5.11 Å². The molecule has 0 aliphatic rings. The molecule has 0 saturated carbocycles. The summed E-state index contributed by atoms with van der Waals surface area (Å²) in [7, 11) is 0. The lowest BCUT2D eigenvalue weighted by molar-refractivity contribution is 0.0650. The van der Waals surface area contributed by atoms with Crippen LogP contribution in [0.2, 0.25) is 0 Å². The van der Waals surface area contributed by atoms with E-state index in [2.05, 4.69) is 20.8 Å². The molecule has 0 bridgehead atoms. The summed E-state index contributed by atoms with van der Waals surface area (Å²) in [5.41, 5.74) is 1.39. The highest BCUT2D eigenvalue weighted by Gasteiger charge is 2.20. The lowest BCUT2D eigenvalue weighted by Crippen LogP contribution is -2.25. The molecule has 96 valence electrons. The fourth-order valence-electron chi connectivity index (χ4n) is 1.67. The molecule has 2 heteroatoms. The molecule has 0 fully saturated rings. The summed E-state index contributed by atoms with van der Waals surface area (Å²) < 4.78 is 5.56. The van der Waals surface area contributed by atoms with E-state index in [1.54, 1.807) is 0 Å². The highest BCUT2D eigenvalue weighted by Crippen LogP contribution is 2.26. The Morgan fingerprint density at radius 3 is 2.35 bits per heavy atom. The second-order valence-electron chi connectivity index (χ2n) is 5.50. The molecular formula is C15H24O2. The van der Waals surface area contributed by atoms with Gasteiger partial charge in [-0.05, 0) is 30.9 Å². The third kappa shape index (κ3) is 5.22. The van der Waals surface area contributed by atoms with E-state index in [-0.39, 0.29) is 5.41 Å². The van der Waals surface area contributed by atoms with E-state index in [1.807, 2.05) is 31.2 Å². The van der Waals surface area contributed by atoms with Gasteiger partial charge in [-0.2, -0.15) is 0 Å². The second-order valence-corrected chi connectivity index (χ2v) is 5.50. The van der Waals surface area contributed by atoms with Gasteiger partial charge < -0.3 is 9.84 Å². The Hall–Kier alpha value is -1.02. The van der Waals surface area contributed by atoms with Crippen molar-refractivity contribution in [1.82, 2.24) is 0 Å².